The third-order valence-corrected chi connectivity index (χ3v) is 8.91. The van der Waals surface area contributed by atoms with Crippen LogP contribution < -0.4 is 10.2 Å². The largest absolute Gasteiger partial charge is 0.325 e. The fourth-order valence-corrected chi connectivity index (χ4v) is 5.96. The molecule has 176 valence electrons. The first-order chi connectivity index (χ1) is 15.7. The lowest BCUT2D eigenvalue weighted by Gasteiger charge is -2.32. The second-order valence-electron chi connectivity index (χ2n) is 8.72. The second kappa shape index (κ2) is 9.48. The Bertz CT molecular complexity index is 1180. The number of nitrogens with zero attached hydrogens (tertiary/aromatic N) is 2. The highest BCUT2D eigenvalue weighted by Gasteiger charge is 2.37. The third-order valence-electron chi connectivity index (χ3n) is 6.39. The maximum atomic E-state index is 13.1. The third kappa shape index (κ3) is 4.81. The van der Waals surface area contributed by atoms with Gasteiger partial charge in [0.2, 0.25) is 21.8 Å². The fraction of sp³-hybridized carbons (Fsp3) is 0.417. The molecule has 0 bridgehead atoms. The number of likely N-dealkylation sites (N-methyl/N-ethyl adjacent to an activating group) is 1. The highest BCUT2D eigenvalue weighted by atomic mass is 32.2. The van der Waals surface area contributed by atoms with E-state index < -0.39 is 15.9 Å². The van der Waals surface area contributed by atoms with E-state index in [4.69, 9.17) is 0 Å². The Morgan fingerprint density at radius 3 is 2.61 bits per heavy atom. The lowest BCUT2D eigenvalue weighted by molar-refractivity contribution is -0.125. The van der Waals surface area contributed by atoms with Crippen LogP contribution in [-0.4, -0.2) is 50.4 Å². The summed E-state index contributed by atoms with van der Waals surface area (Å²) in [5.41, 5.74) is 2.27. The first-order valence-corrected chi connectivity index (χ1v) is 13.7. The van der Waals surface area contributed by atoms with Gasteiger partial charge in [0.1, 0.15) is 0 Å². The van der Waals surface area contributed by atoms with Crippen LogP contribution in [0.2, 0.25) is 0 Å². The molecule has 1 aliphatic heterocycles. The minimum Gasteiger partial charge on any atom is -0.325 e. The molecule has 0 spiro atoms. The SMILES string of the molecule is CSc1cccc(NC(=O)CN(C)S(=O)(=O)c2ccc3c(c2)C[C@@H](C)N3C(=O)C2CCC2)c1. The van der Waals surface area contributed by atoms with E-state index in [-0.39, 0.29) is 29.3 Å². The topological polar surface area (TPSA) is 86.8 Å². The normalized spacial score (nSPS) is 18.2. The summed E-state index contributed by atoms with van der Waals surface area (Å²) in [5, 5.41) is 2.76. The van der Waals surface area contributed by atoms with Gasteiger partial charge in [0.15, 0.2) is 0 Å². The second-order valence-corrected chi connectivity index (χ2v) is 11.6. The molecule has 1 atom stereocenters. The molecule has 2 aromatic carbocycles. The Morgan fingerprint density at radius 1 is 1.18 bits per heavy atom. The van der Waals surface area contributed by atoms with E-state index in [2.05, 4.69) is 5.32 Å². The number of nitrogens with one attached hydrogen (secondary N) is 1. The maximum absolute atomic E-state index is 13.1. The summed E-state index contributed by atoms with van der Waals surface area (Å²) in [7, 11) is -2.46. The van der Waals surface area contributed by atoms with E-state index in [0.29, 0.717) is 12.1 Å². The van der Waals surface area contributed by atoms with Gasteiger partial charge in [-0.15, -0.1) is 11.8 Å². The lowest BCUT2D eigenvalue weighted by Crippen LogP contribution is -2.42. The van der Waals surface area contributed by atoms with Crippen molar-refractivity contribution in [1.29, 1.82) is 0 Å². The first kappa shape index (κ1) is 23.8. The summed E-state index contributed by atoms with van der Waals surface area (Å²) in [4.78, 5) is 28.3. The van der Waals surface area contributed by atoms with Gasteiger partial charge in [0.25, 0.3) is 0 Å². The molecule has 0 saturated heterocycles. The summed E-state index contributed by atoms with van der Waals surface area (Å²) in [6, 6.07) is 12.3. The first-order valence-electron chi connectivity index (χ1n) is 11.1. The zero-order chi connectivity index (χ0) is 23.8. The van der Waals surface area contributed by atoms with Crippen molar-refractivity contribution in [2.75, 3.05) is 30.1 Å². The van der Waals surface area contributed by atoms with Crippen molar-refractivity contribution >= 4 is 45.0 Å². The van der Waals surface area contributed by atoms with Gasteiger partial charge in [-0.05, 0) is 74.4 Å². The van der Waals surface area contributed by atoms with E-state index in [0.717, 1.165) is 39.7 Å². The van der Waals surface area contributed by atoms with Crippen LogP contribution in [0.5, 0.6) is 0 Å². The van der Waals surface area contributed by atoms with E-state index in [9.17, 15) is 18.0 Å². The molecule has 1 heterocycles. The molecule has 1 fully saturated rings. The summed E-state index contributed by atoms with van der Waals surface area (Å²) in [5.74, 6) is -0.183. The number of benzene rings is 2. The van der Waals surface area contributed by atoms with E-state index in [1.54, 1.807) is 30.0 Å². The molecule has 7 nitrogen and oxygen atoms in total. The Kier molecular flexibility index (Phi) is 6.83. The van der Waals surface area contributed by atoms with Crippen molar-refractivity contribution in [1.82, 2.24) is 4.31 Å². The predicted molar refractivity (Wildman–Crippen MR) is 131 cm³/mol. The van der Waals surface area contributed by atoms with Crippen LogP contribution in [0, 0.1) is 5.92 Å². The van der Waals surface area contributed by atoms with Crippen LogP contribution in [0.15, 0.2) is 52.3 Å². The Balaban J connectivity index is 1.47. The van der Waals surface area contributed by atoms with Crippen LogP contribution in [0.3, 0.4) is 0 Å². The molecular formula is C24H29N3O4S2. The molecular weight excluding hydrogens is 458 g/mol. The Hall–Kier alpha value is -2.36. The zero-order valence-electron chi connectivity index (χ0n) is 19.1. The highest BCUT2D eigenvalue weighted by Crippen LogP contribution is 2.38. The monoisotopic (exact) mass is 487 g/mol. The van der Waals surface area contributed by atoms with Crippen molar-refractivity contribution in [2.45, 2.75) is 48.4 Å². The number of amides is 2. The molecule has 0 radical (unpaired) electrons. The predicted octanol–water partition coefficient (Wildman–Crippen LogP) is 3.75. The Morgan fingerprint density at radius 2 is 1.94 bits per heavy atom. The molecule has 2 aromatic rings. The van der Waals surface area contributed by atoms with Crippen LogP contribution in [0.1, 0.15) is 31.7 Å². The number of carbonyl (C=O) groups is 2. The highest BCUT2D eigenvalue weighted by molar-refractivity contribution is 7.98. The molecule has 4 rings (SSSR count). The molecule has 0 aromatic heterocycles. The van der Waals surface area contributed by atoms with E-state index >= 15 is 0 Å². The summed E-state index contributed by atoms with van der Waals surface area (Å²) in [6.07, 6.45) is 5.51. The number of fused-ring (bicyclic) bond motifs is 1. The van der Waals surface area contributed by atoms with Gasteiger partial charge in [-0.1, -0.05) is 12.5 Å². The quantitative estimate of drug-likeness (QED) is 0.601. The zero-order valence-corrected chi connectivity index (χ0v) is 20.7. The van der Waals surface area contributed by atoms with Gasteiger partial charge < -0.3 is 10.2 Å². The van der Waals surface area contributed by atoms with Gasteiger partial charge in [-0.25, -0.2) is 8.42 Å². The number of carbonyl (C=O) groups excluding carboxylic acids is 2. The van der Waals surface area contributed by atoms with Crippen LogP contribution >= 0.6 is 11.8 Å². The molecule has 33 heavy (non-hydrogen) atoms. The fourth-order valence-electron chi connectivity index (χ4n) is 4.32. The van der Waals surface area contributed by atoms with Gasteiger partial charge in [-0.2, -0.15) is 4.31 Å². The number of rotatable bonds is 7. The van der Waals surface area contributed by atoms with Crippen molar-refractivity contribution in [3.05, 3.63) is 48.0 Å². The molecule has 1 aliphatic carbocycles. The van der Waals surface area contributed by atoms with Crippen LogP contribution in [0.25, 0.3) is 0 Å². The van der Waals surface area contributed by atoms with Gasteiger partial charge in [0.05, 0.1) is 11.4 Å². The van der Waals surface area contributed by atoms with Gasteiger partial charge in [0, 0.05) is 35.3 Å². The van der Waals surface area contributed by atoms with Crippen molar-refractivity contribution < 1.29 is 18.0 Å². The van der Waals surface area contributed by atoms with E-state index in [1.165, 1.54) is 13.1 Å². The molecule has 2 aliphatic rings. The Labute approximate surface area is 199 Å². The van der Waals surface area contributed by atoms with Crippen molar-refractivity contribution in [3.8, 4) is 0 Å². The van der Waals surface area contributed by atoms with Crippen molar-refractivity contribution in [3.63, 3.8) is 0 Å². The average Bonchev–Trinajstić information content (AvgIpc) is 3.07. The number of hydrogen-bond acceptors (Lipinski definition) is 5. The smallest absolute Gasteiger partial charge is 0.243 e. The molecule has 0 unspecified atom stereocenters. The lowest BCUT2D eigenvalue weighted by atomic mass is 9.84. The molecule has 2 amide bonds. The number of hydrogen-bond donors (Lipinski definition) is 1. The molecule has 1 saturated carbocycles. The minimum atomic E-state index is -3.86. The van der Waals surface area contributed by atoms with Crippen LogP contribution in [-0.2, 0) is 26.0 Å². The van der Waals surface area contributed by atoms with Gasteiger partial charge >= 0.3 is 0 Å². The van der Waals surface area contributed by atoms with Crippen molar-refractivity contribution in [2.24, 2.45) is 5.92 Å². The van der Waals surface area contributed by atoms with Gasteiger partial charge in [-0.3, -0.25) is 9.59 Å². The molecule has 9 heteroatoms. The maximum Gasteiger partial charge on any atom is 0.243 e. The summed E-state index contributed by atoms with van der Waals surface area (Å²) in [6.45, 7) is 1.69. The summed E-state index contributed by atoms with van der Waals surface area (Å²) < 4.78 is 27.3. The number of anilines is 2. The minimum absolute atomic E-state index is 0.00612. The number of sulfonamides is 1. The standard InChI is InChI=1S/C24H29N3O4S2/c1-16-12-18-13-21(10-11-22(18)27(16)24(29)17-6-4-7-17)33(30,31)26(2)15-23(28)25-19-8-5-9-20(14-19)32-3/h5,8-11,13-14,16-17H,4,6-7,12,15H2,1-3H3,(H,25,28)/t16-/m1/s1. The average molecular weight is 488 g/mol. The summed E-state index contributed by atoms with van der Waals surface area (Å²) >= 11 is 1.56. The van der Waals surface area contributed by atoms with E-state index in [1.807, 2.05) is 36.3 Å². The molecule has 1 N–H and O–H groups in total. The number of thioether (sulfide) groups is 1. The van der Waals surface area contributed by atoms with Crippen LogP contribution in [0.4, 0.5) is 11.4 Å².